The van der Waals surface area contributed by atoms with Crippen LogP contribution >= 0.6 is 0 Å². The Labute approximate surface area is 107 Å². The second-order valence-electron chi connectivity index (χ2n) is 4.42. The van der Waals surface area contributed by atoms with Gasteiger partial charge in [0, 0.05) is 11.1 Å². The maximum absolute atomic E-state index is 6.01. The second-order valence-corrected chi connectivity index (χ2v) is 4.42. The molecule has 3 nitrogen and oxygen atoms in total. The highest BCUT2D eigenvalue weighted by Gasteiger charge is 2.12. The first-order chi connectivity index (χ1) is 8.58. The van der Waals surface area contributed by atoms with Gasteiger partial charge in [0.1, 0.15) is 17.4 Å². The minimum absolute atomic E-state index is 0.00246. The van der Waals surface area contributed by atoms with Gasteiger partial charge in [-0.15, -0.1) is 0 Å². The molecule has 2 N–H and O–H groups in total. The molecule has 0 fully saturated rings. The zero-order chi connectivity index (χ0) is 13.1. The number of furan rings is 1. The molecule has 1 heterocycles. The number of aryl methyl sites for hydroxylation is 2. The number of aliphatic imine (C=N–C) groups is 1. The van der Waals surface area contributed by atoms with E-state index in [4.69, 9.17) is 10.2 Å². The Morgan fingerprint density at radius 1 is 1.22 bits per heavy atom. The van der Waals surface area contributed by atoms with Crippen LogP contribution in [0.15, 0.2) is 45.8 Å². The van der Waals surface area contributed by atoms with E-state index in [-0.39, 0.29) is 6.04 Å². The van der Waals surface area contributed by atoms with Gasteiger partial charge in [-0.3, -0.25) is 4.99 Å². The molecular formula is C15H18N2O. The summed E-state index contributed by atoms with van der Waals surface area (Å²) in [5.41, 5.74) is 8.05. The summed E-state index contributed by atoms with van der Waals surface area (Å²) in [4.78, 5) is 4.53. The normalized spacial score (nSPS) is 13.6. The third kappa shape index (κ3) is 2.62. The van der Waals surface area contributed by atoms with Crippen molar-refractivity contribution in [2.45, 2.75) is 26.8 Å². The van der Waals surface area contributed by atoms with Gasteiger partial charge < -0.3 is 10.2 Å². The van der Waals surface area contributed by atoms with Crippen molar-refractivity contribution >= 4 is 5.84 Å². The molecule has 1 aromatic carbocycles. The first kappa shape index (κ1) is 12.4. The van der Waals surface area contributed by atoms with Crippen molar-refractivity contribution in [3.05, 3.63) is 59.0 Å². The summed E-state index contributed by atoms with van der Waals surface area (Å²) in [5, 5.41) is 0. The minimum Gasteiger partial charge on any atom is -0.466 e. The number of nitrogens with two attached hydrogens (primary N) is 1. The third-order valence-electron chi connectivity index (χ3n) is 2.93. The quantitative estimate of drug-likeness (QED) is 0.662. The average Bonchev–Trinajstić information content (AvgIpc) is 2.69. The van der Waals surface area contributed by atoms with E-state index in [2.05, 4.69) is 4.99 Å². The second kappa shape index (κ2) is 5.08. The van der Waals surface area contributed by atoms with Gasteiger partial charge >= 0.3 is 0 Å². The van der Waals surface area contributed by atoms with Crippen LogP contribution in [0.3, 0.4) is 0 Å². The van der Waals surface area contributed by atoms with Crippen LogP contribution < -0.4 is 5.73 Å². The molecule has 0 amide bonds. The Hall–Kier alpha value is -2.03. The lowest BCUT2D eigenvalue weighted by Crippen LogP contribution is -2.14. The molecule has 0 saturated carbocycles. The van der Waals surface area contributed by atoms with Crippen LogP contribution in [-0.4, -0.2) is 5.84 Å². The van der Waals surface area contributed by atoms with Gasteiger partial charge in [0.2, 0.25) is 0 Å². The van der Waals surface area contributed by atoms with Crippen molar-refractivity contribution in [3.8, 4) is 0 Å². The van der Waals surface area contributed by atoms with Gasteiger partial charge in [0.25, 0.3) is 0 Å². The van der Waals surface area contributed by atoms with E-state index in [1.807, 2.05) is 57.2 Å². The Balaban J connectivity index is 2.25. The maximum Gasteiger partial charge on any atom is 0.126 e. The fraction of sp³-hybridized carbons (Fsp3) is 0.267. The van der Waals surface area contributed by atoms with Crippen LogP contribution in [0.25, 0.3) is 0 Å². The largest absolute Gasteiger partial charge is 0.466 e. The Bertz CT molecular complexity index is 555. The van der Waals surface area contributed by atoms with Gasteiger partial charge in [0.15, 0.2) is 0 Å². The maximum atomic E-state index is 6.01. The summed E-state index contributed by atoms with van der Waals surface area (Å²) in [5.74, 6) is 2.37. The van der Waals surface area contributed by atoms with Gasteiger partial charge in [-0.2, -0.15) is 0 Å². The molecule has 0 radical (unpaired) electrons. The highest BCUT2D eigenvalue weighted by Crippen LogP contribution is 2.24. The van der Waals surface area contributed by atoms with Crippen LogP contribution in [-0.2, 0) is 0 Å². The van der Waals surface area contributed by atoms with E-state index in [9.17, 15) is 0 Å². The summed E-state index contributed by atoms with van der Waals surface area (Å²) in [6.07, 6.45) is 0. The van der Waals surface area contributed by atoms with Crippen LogP contribution in [0.2, 0.25) is 0 Å². The zero-order valence-electron chi connectivity index (χ0n) is 11.0. The van der Waals surface area contributed by atoms with Crippen molar-refractivity contribution in [1.29, 1.82) is 0 Å². The first-order valence-corrected chi connectivity index (χ1v) is 6.03. The summed E-state index contributed by atoms with van der Waals surface area (Å²) in [6.45, 7) is 5.91. The molecule has 1 atom stereocenters. The molecule has 2 aromatic rings. The molecule has 2 rings (SSSR count). The predicted molar refractivity (Wildman–Crippen MR) is 73.8 cm³/mol. The molecule has 18 heavy (non-hydrogen) atoms. The number of benzene rings is 1. The number of amidine groups is 1. The topological polar surface area (TPSA) is 51.5 Å². The lowest BCUT2D eigenvalue weighted by atomic mass is 10.1. The molecule has 0 bridgehead atoms. The molecule has 1 aromatic heterocycles. The molecule has 0 aliphatic rings. The smallest absolute Gasteiger partial charge is 0.126 e. The number of rotatable bonds is 3. The predicted octanol–water partition coefficient (Wildman–Crippen LogP) is 3.36. The fourth-order valence-electron chi connectivity index (χ4n) is 2.03. The van der Waals surface area contributed by atoms with Crippen LogP contribution in [0.1, 0.15) is 35.6 Å². The van der Waals surface area contributed by atoms with Crippen LogP contribution in [0.5, 0.6) is 0 Å². The highest BCUT2D eigenvalue weighted by molar-refractivity contribution is 5.97. The van der Waals surface area contributed by atoms with E-state index < -0.39 is 0 Å². The van der Waals surface area contributed by atoms with E-state index in [1.54, 1.807) is 0 Å². The van der Waals surface area contributed by atoms with Crippen LogP contribution in [0, 0.1) is 13.8 Å². The van der Waals surface area contributed by atoms with E-state index in [0.717, 1.165) is 22.6 Å². The van der Waals surface area contributed by atoms with Crippen molar-refractivity contribution < 1.29 is 4.42 Å². The van der Waals surface area contributed by atoms with E-state index in [0.29, 0.717) is 5.84 Å². The first-order valence-electron chi connectivity index (χ1n) is 6.03. The summed E-state index contributed by atoms with van der Waals surface area (Å²) < 4.78 is 5.51. The van der Waals surface area contributed by atoms with Gasteiger partial charge in [-0.05, 0) is 26.8 Å². The monoisotopic (exact) mass is 242 g/mol. The Kier molecular flexibility index (Phi) is 3.51. The van der Waals surface area contributed by atoms with Gasteiger partial charge in [-0.1, -0.05) is 30.3 Å². The van der Waals surface area contributed by atoms with Gasteiger partial charge in [-0.25, -0.2) is 0 Å². The SMILES string of the molecule is Cc1cc(C(C)N=C(N)c2ccccc2)c(C)o1. The number of nitrogens with zero attached hydrogens (tertiary/aromatic N) is 1. The van der Waals surface area contributed by atoms with E-state index >= 15 is 0 Å². The molecule has 0 aliphatic carbocycles. The number of hydrogen-bond acceptors (Lipinski definition) is 2. The van der Waals surface area contributed by atoms with Crippen molar-refractivity contribution in [2.75, 3.05) is 0 Å². The Morgan fingerprint density at radius 2 is 1.89 bits per heavy atom. The molecule has 3 heteroatoms. The third-order valence-corrected chi connectivity index (χ3v) is 2.93. The summed E-state index contributed by atoms with van der Waals surface area (Å²) in [7, 11) is 0. The van der Waals surface area contributed by atoms with Gasteiger partial charge in [0.05, 0.1) is 6.04 Å². The van der Waals surface area contributed by atoms with Crippen LogP contribution in [0.4, 0.5) is 0 Å². The molecule has 0 aliphatic heterocycles. The van der Waals surface area contributed by atoms with Crippen molar-refractivity contribution in [1.82, 2.24) is 0 Å². The molecule has 94 valence electrons. The zero-order valence-corrected chi connectivity index (χ0v) is 11.0. The molecular weight excluding hydrogens is 224 g/mol. The summed E-state index contributed by atoms with van der Waals surface area (Å²) >= 11 is 0. The number of hydrogen-bond donors (Lipinski definition) is 1. The van der Waals surface area contributed by atoms with Crippen molar-refractivity contribution in [2.24, 2.45) is 10.7 Å². The molecule has 0 saturated heterocycles. The van der Waals surface area contributed by atoms with E-state index in [1.165, 1.54) is 0 Å². The van der Waals surface area contributed by atoms with Crippen molar-refractivity contribution in [3.63, 3.8) is 0 Å². The fourth-order valence-corrected chi connectivity index (χ4v) is 2.03. The highest BCUT2D eigenvalue weighted by atomic mass is 16.3. The Morgan fingerprint density at radius 3 is 2.44 bits per heavy atom. The lowest BCUT2D eigenvalue weighted by molar-refractivity contribution is 0.499. The molecule has 0 spiro atoms. The average molecular weight is 242 g/mol. The molecule has 1 unspecified atom stereocenters. The minimum atomic E-state index is 0.00246. The lowest BCUT2D eigenvalue weighted by Gasteiger charge is -2.07. The summed E-state index contributed by atoms with van der Waals surface area (Å²) in [6, 6.07) is 11.8. The standard InChI is InChI=1S/C15H18N2O/c1-10-9-14(12(3)18-10)11(2)17-15(16)13-7-5-4-6-8-13/h4-9,11H,1-3H3,(H2,16,17).